The quantitative estimate of drug-likeness (QED) is 0.740. The van der Waals surface area contributed by atoms with Crippen molar-refractivity contribution in [1.82, 2.24) is 20.0 Å². The highest BCUT2D eigenvalue weighted by molar-refractivity contribution is 5.85. The van der Waals surface area contributed by atoms with Gasteiger partial charge in [0.25, 0.3) is 0 Å². The van der Waals surface area contributed by atoms with Gasteiger partial charge in [-0.15, -0.1) is 0 Å². The van der Waals surface area contributed by atoms with E-state index in [1.165, 1.54) is 12.1 Å². The minimum absolute atomic E-state index is 0.142. The van der Waals surface area contributed by atoms with Gasteiger partial charge < -0.3 is 5.32 Å². The average Bonchev–Trinajstić information content (AvgIpc) is 2.99. The third-order valence-corrected chi connectivity index (χ3v) is 4.41. The highest BCUT2D eigenvalue weighted by Gasteiger charge is 2.23. The summed E-state index contributed by atoms with van der Waals surface area (Å²) in [6.45, 7) is 3.15. The first kappa shape index (κ1) is 18.1. The Labute approximate surface area is 152 Å². The number of aryl methyl sites for hydroxylation is 1. The Balaban J connectivity index is 1.80. The molecule has 0 saturated carbocycles. The maximum absolute atomic E-state index is 13.2. The van der Waals surface area contributed by atoms with Crippen LogP contribution in [0.3, 0.4) is 0 Å². The molecule has 1 heterocycles. The normalized spacial score (nSPS) is 12.5. The van der Waals surface area contributed by atoms with E-state index in [2.05, 4.69) is 10.4 Å². The molecular formula is C20H23FN4O. The second-order valence-corrected chi connectivity index (χ2v) is 6.42. The second kappa shape index (κ2) is 7.66. The van der Waals surface area contributed by atoms with Crippen molar-refractivity contribution < 1.29 is 9.18 Å². The number of fused-ring (bicyclic) bond motifs is 1. The van der Waals surface area contributed by atoms with Crippen molar-refractivity contribution in [3.05, 3.63) is 65.6 Å². The molecule has 1 N–H and O–H groups in total. The summed E-state index contributed by atoms with van der Waals surface area (Å²) in [7, 11) is 3.66. The first-order valence-corrected chi connectivity index (χ1v) is 8.65. The highest BCUT2D eigenvalue weighted by Crippen LogP contribution is 2.21. The molecule has 136 valence electrons. The van der Waals surface area contributed by atoms with E-state index in [1.807, 2.05) is 54.9 Å². The summed E-state index contributed by atoms with van der Waals surface area (Å²) in [6.07, 6.45) is 0. The molecule has 5 nitrogen and oxygen atoms in total. The lowest BCUT2D eigenvalue weighted by Gasteiger charge is -2.23. The van der Waals surface area contributed by atoms with Gasteiger partial charge in [-0.2, -0.15) is 5.10 Å². The fourth-order valence-electron chi connectivity index (χ4n) is 3.16. The van der Waals surface area contributed by atoms with Crippen molar-refractivity contribution in [2.45, 2.75) is 26.1 Å². The van der Waals surface area contributed by atoms with Gasteiger partial charge in [0.15, 0.2) is 0 Å². The van der Waals surface area contributed by atoms with Crippen molar-refractivity contribution in [2.75, 3.05) is 14.1 Å². The molecule has 0 bridgehead atoms. The zero-order valence-corrected chi connectivity index (χ0v) is 15.2. The molecule has 1 amide bonds. The number of nitrogens with one attached hydrogen (secondary N) is 1. The molecule has 0 fully saturated rings. The van der Waals surface area contributed by atoms with Crippen LogP contribution in [0, 0.1) is 5.82 Å². The molecule has 0 radical (unpaired) electrons. The van der Waals surface area contributed by atoms with Crippen LogP contribution in [0.2, 0.25) is 0 Å². The van der Waals surface area contributed by atoms with Gasteiger partial charge in [0, 0.05) is 11.9 Å². The number of hydrogen-bond acceptors (Lipinski definition) is 3. The predicted molar refractivity (Wildman–Crippen MR) is 100 cm³/mol. The molecule has 1 aromatic heterocycles. The molecule has 0 spiro atoms. The average molecular weight is 354 g/mol. The fourth-order valence-corrected chi connectivity index (χ4v) is 3.16. The van der Waals surface area contributed by atoms with Crippen LogP contribution in [0.15, 0.2) is 48.5 Å². The van der Waals surface area contributed by atoms with Gasteiger partial charge in [-0.25, -0.2) is 4.39 Å². The number of carbonyl (C=O) groups excluding carboxylic acids is 1. The third kappa shape index (κ3) is 3.60. The molecule has 26 heavy (non-hydrogen) atoms. The number of para-hydroxylation sites is 1. The second-order valence-electron chi connectivity index (χ2n) is 6.42. The smallest absolute Gasteiger partial charge is 0.242 e. The van der Waals surface area contributed by atoms with Crippen LogP contribution >= 0.6 is 0 Å². The topological polar surface area (TPSA) is 50.2 Å². The first-order chi connectivity index (χ1) is 12.5. The standard InChI is InChI=1S/C20H23FN4O/c1-4-25-18-8-6-5-7-16(18)17(23-25)13-22-20(26)19(24(2)3)14-9-11-15(21)12-10-14/h5-12,19H,4,13H2,1-3H3,(H,22,26)/t19-/m1/s1. The Bertz CT molecular complexity index is 902. The molecule has 0 unspecified atom stereocenters. The van der Waals surface area contributed by atoms with Crippen LogP contribution in [0.4, 0.5) is 4.39 Å². The molecule has 0 saturated heterocycles. The number of rotatable bonds is 6. The summed E-state index contributed by atoms with van der Waals surface area (Å²) in [5.41, 5.74) is 2.65. The molecule has 2 aromatic carbocycles. The number of amides is 1. The molecule has 0 aliphatic carbocycles. The summed E-state index contributed by atoms with van der Waals surface area (Å²) in [5, 5.41) is 8.62. The minimum atomic E-state index is -0.491. The Morgan fingerprint density at radius 3 is 2.54 bits per heavy atom. The monoisotopic (exact) mass is 354 g/mol. The molecule has 1 atom stereocenters. The van der Waals surface area contributed by atoms with Crippen molar-refractivity contribution in [3.8, 4) is 0 Å². The Kier molecular flexibility index (Phi) is 5.32. The van der Waals surface area contributed by atoms with Crippen molar-refractivity contribution in [2.24, 2.45) is 0 Å². The number of benzene rings is 2. The summed E-state index contributed by atoms with van der Waals surface area (Å²) < 4.78 is 15.1. The van der Waals surface area contributed by atoms with E-state index >= 15 is 0 Å². The van der Waals surface area contributed by atoms with Gasteiger partial charge in [-0.3, -0.25) is 14.4 Å². The largest absolute Gasteiger partial charge is 0.349 e. The van der Waals surface area contributed by atoms with Crippen LogP contribution in [-0.4, -0.2) is 34.7 Å². The Hall–Kier alpha value is -2.73. The molecule has 6 heteroatoms. The Morgan fingerprint density at radius 2 is 1.88 bits per heavy atom. The molecule has 0 aliphatic heterocycles. The van der Waals surface area contributed by atoms with Crippen LogP contribution in [0.5, 0.6) is 0 Å². The summed E-state index contributed by atoms with van der Waals surface area (Å²) >= 11 is 0. The zero-order valence-electron chi connectivity index (χ0n) is 15.2. The van der Waals surface area contributed by atoms with Crippen molar-refractivity contribution in [1.29, 1.82) is 0 Å². The summed E-state index contributed by atoms with van der Waals surface area (Å²) in [4.78, 5) is 14.6. The number of likely N-dealkylation sites (N-methyl/N-ethyl adjacent to an activating group) is 1. The van der Waals surface area contributed by atoms with Crippen LogP contribution in [0.25, 0.3) is 10.9 Å². The van der Waals surface area contributed by atoms with Crippen LogP contribution in [0.1, 0.15) is 24.2 Å². The molecule has 3 rings (SSSR count). The van der Waals surface area contributed by atoms with E-state index in [-0.39, 0.29) is 11.7 Å². The van der Waals surface area contributed by atoms with Crippen LogP contribution < -0.4 is 5.32 Å². The first-order valence-electron chi connectivity index (χ1n) is 8.65. The van der Waals surface area contributed by atoms with Gasteiger partial charge in [0.2, 0.25) is 5.91 Å². The number of halogens is 1. The lowest BCUT2D eigenvalue weighted by Crippen LogP contribution is -2.36. The van der Waals surface area contributed by atoms with E-state index < -0.39 is 6.04 Å². The van der Waals surface area contributed by atoms with Crippen molar-refractivity contribution in [3.63, 3.8) is 0 Å². The van der Waals surface area contributed by atoms with E-state index in [0.717, 1.165) is 28.7 Å². The number of nitrogens with zero attached hydrogens (tertiary/aromatic N) is 3. The lowest BCUT2D eigenvalue weighted by molar-refractivity contribution is -0.126. The maximum atomic E-state index is 13.2. The number of hydrogen-bond donors (Lipinski definition) is 1. The van der Waals surface area contributed by atoms with Crippen LogP contribution in [-0.2, 0) is 17.9 Å². The lowest BCUT2D eigenvalue weighted by atomic mass is 10.1. The zero-order chi connectivity index (χ0) is 18.7. The van der Waals surface area contributed by atoms with E-state index in [1.54, 1.807) is 12.1 Å². The predicted octanol–water partition coefficient (Wildman–Crippen LogP) is 3.11. The fraction of sp³-hybridized carbons (Fsp3) is 0.300. The molecular weight excluding hydrogens is 331 g/mol. The maximum Gasteiger partial charge on any atom is 0.242 e. The Morgan fingerprint density at radius 1 is 1.19 bits per heavy atom. The molecule has 3 aromatic rings. The summed E-state index contributed by atoms with van der Waals surface area (Å²) in [5.74, 6) is -0.458. The van der Waals surface area contributed by atoms with E-state index in [0.29, 0.717) is 6.54 Å². The van der Waals surface area contributed by atoms with Gasteiger partial charge in [0.1, 0.15) is 11.9 Å². The summed E-state index contributed by atoms with van der Waals surface area (Å²) in [6, 6.07) is 13.5. The highest BCUT2D eigenvalue weighted by atomic mass is 19.1. The van der Waals surface area contributed by atoms with E-state index in [4.69, 9.17) is 0 Å². The van der Waals surface area contributed by atoms with Gasteiger partial charge >= 0.3 is 0 Å². The van der Waals surface area contributed by atoms with Crippen molar-refractivity contribution >= 4 is 16.8 Å². The third-order valence-electron chi connectivity index (χ3n) is 4.41. The van der Waals surface area contributed by atoms with Gasteiger partial charge in [-0.1, -0.05) is 30.3 Å². The van der Waals surface area contributed by atoms with Gasteiger partial charge in [0.05, 0.1) is 17.8 Å². The minimum Gasteiger partial charge on any atom is -0.349 e. The molecule has 0 aliphatic rings. The van der Waals surface area contributed by atoms with Gasteiger partial charge in [-0.05, 0) is 44.8 Å². The number of carbonyl (C=O) groups is 1. The number of aromatic nitrogens is 2. The SMILES string of the molecule is CCn1nc(CNC(=O)[C@@H](c2ccc(F)cc2)N(C)C)c2ccccc21. The van der Waals surface area contributed by atoms with E-state index in [9.17, 15) is 9.18 Å².